The maximum atomic E-state index is 11.6. The molecule has 68 valence electrons. The highest BCUT2D eigenvalue weighted by atomic mass is 16.2. The van der Waals surface area contributed by atoms with Gasteiger partial charge in [-0.3, -0.25) is 4.79 Å². The minimum atomic E-state index is 0.420. The van der Waals surface area contributed by atoms with Crippen molar-refractivity contribution in [2.24, 2.45) is 5.92 Å². The average Bonchev–Trinajstić information content (AvgIpc) is 2.92. The Kier molecular flexibility index (Phi) is 2.33. The Morgan fingerprint density at radius 1 is 1.00 bits per heavy atom. The molecule has 1 saturated carbocycles. The van der Waals surface area contributed by atoms with Crippen LogP contribution in [0.2, 0.25) is 0 Å². The van der Waals surface area contributed by atoms with Crippen LogP contribution in [-0.2, 0) is 4.79 Å². The second kappa shape index (κ2) is 3.46. The fraction of sp³-hybridized carbons (Fsp3) is 0.900. The quantitative estimate of drug-likeness (QED) is 0.583. The van der Waals surface area contributed by atoms with E-state index in [1.54, 1.807) is 0 Å². The van der Waals surface area contributed by atoms with Crippen molar-refractivity contribution in [2.45, 2.75) is 38.5 Å². The molecule has 0 bridgehead atoms. The highest BCUT2D eigenvalue weighted by molar-refractivity contribution is 5.81. The summed E-state index contributed by atoms with van der Waals surface area (Å²) in [7, 11) is 0. The molecule has 2 heteroatoms. The van der Waals surface area contributed by atoms with Gasteiger partial charge < -0.3 is 4.90 Å². The van der Waals surface area contributed by atoms with Crippen LogP contribution in [0.1, 0.15) is 38.5 Å². The van der Waals surface area contributed by atoms with Crippen LogP contribution in [-0.4, -0.2) is 23.9 Å². The van der Waals surface area contributed by atoms with Gasteiger partial charge in [-0.2, -0.15) is 0 Å². The molecule has 1 saturated heterocycles. The van der Waals surface area contributed by atoms with Gasteiger partial charge >= 0.3 is 0 Å². The zero-order valence-corrected chi connectivity index (χ0v) is 7.59. The Morgan fingerprint density at radius 2 is 1.58 bits per heavy atom. The number of amides is 1. The first kappa shape index (κ1) is 8.09. The van der Waals surface area contributed by atoms with E-state index in [1.807, 2.05) is 0 Å². The molecular formula is C10H17NO. The van der Waals surface area contributed by atoms with Crippen LogP contribution in [0, 0.1) is 5.92 Å². The Balaban J connectivity index is 1.87. The third-order valence-corrected chi connectivity index (χ3v) is 2.84. The van der Waals surface area contributed by atoms with E-state index in [0.29, 0.717) is 11.8 Å². The first-order valence-electron chi connectivity index (χ1n) is 5.17. The van der Waals surface area contributed by atoms with Crippen LogP contribution in [0.3, 0.4) is 0 Å². The molecule has 0 atom stereocenters. The molecule has 1 heterocycles. The van der Waals surface area contributed by atoms with Gasteiger partial charge in [-0.15, -0.1) is 0 Å². The molecule has 0 unspecified atom stereocenters. The number of hydrogen-bond acceptors (Lipinski definition) is 1. The number of nitrogens with zero attached hydrogens (tertiary/aromatic N) is 1. The number of rotatable bonds is 1. The van der Waals surface area contributed by atoms with Gasteiger partial charge in [0.1, 0.15) is 0 Å². The summed E-state index contributed by atoms with van der Waals surface area (Å²) in [6.45, 7) is 2.05. The maximum Gasteiger partial charge on any atom is 0.225 e. The number of hydrogen-bond donors (Lipinski definition) is 0. The van der Waals surface area contributed by atoms with E-state index >= 15 is 0 Å². The van der Waals surface area contributed by atoms with Gasteiger partial charge in [-0.1, -0.05) is 12.8 Å². The highest BCUT2D eigenvalue weighted by Gasteiger charge is 2.33. The van der Waals surface area contributed by atoms with E-state index in [9.17, 15) is 4.79 Å². The van der Waals surface area contributed by atoms with Crippen molar-refractivity contribution in [2.75, 3.05) is 13.1 Å². The lowest BCUT2D eigenvalue weighted by Gasteiger charge is -2.19. The van der Waals surface area contributed by atoms with Crippen LogP contribution in [0.4, 0.5) is 0 Å². The first-order valence-corrected chi connectivity index (χ1v) is 5.17. The SMILES string of the molecule is O=C(C1CC1)N1CCCCCC1. The van der Waals surface area contributed by atoms with Crippen LogP contribution in [0.5, 0.6) is 0 Å². The molecule has 0 aromatic carbocycles. The van der Waals surface area contributed by atoms with Gasteiger partial charge in [0, 0.05) is 19.0 Å². The van der Waals surface area contributed by atoms with E-state index in [4.69, 9.17) is 0 Å². The third kappa shape index (κ3) is 1.79. The average molecular weight is 167 g/mol. The van der Waals surface area contributed by atoms with Crippen molar-refractivity contribution in [3.05, 3.63) is 0 Å². The molecule has 0 radical (unpaired) electrons. The van der Waals surface area contributed by atoms with Crippen molar-refractivity contribution in [3.8, 4) is 0 Å². The van der Waals surface area contributed by atoms with Crippen molar-refractivity contribution in [3.63, 3.8) is 0 Å². The summed E-state index contributed by atoms with van der Waals surface area (Å²) in [5.41, 5.74) is 0. The van der Waals surface area contributed by atoms with E-state index in [1.165, 1.54) is 25.7 Å². The summed E-state index contributed by atoms with van der Waals surface area (Å²) in [5.74, 6) is 0.861. The third-order valence-electron chi connectivity index (χ3n) is 2.84. The Hall–Kier alpha value is -0.530. The predicted octanol–water partition coefficient (Wildman–Crippen LogP) is 1.80. The standard InChI is InChI=1S/C10H17NO/c12-10(9-5-6-9)11-7-3-1-2-4-8-11/h9H,1-8H2. The molecule has 1 amide bonds. The summed E-state index contributed by atoms with van der Waals surface area (Å²) < 4.78 is 0. The Bertz CT molecular complexity index is 167. The van der Waals surface area contributed by atoms with Crippen molar-refractivity contribution in [1.82, 2.24) is 4.90 Å². The van der Waals surface area contributed by atoms with E-state index < -0.39 is 0 Å². The molecule has 2 nitrogen and oxygen atoms in total. The van der Waals surface area contributed by atoms with Gasteiger partial charge in [-0.25, -0.2) is 0 Å². The lowest BCUT2D eigenvalue weighted by Crippen LogP contribution is -2.32. The molecular weight excluding hydrogens is 150 g/mol. The monoisotopic (exact) mass is 167 g/mol. The van der Waals surface area contributed by atoms with Crippen LogP contribution in [0.15, 0.2) is 0 Å². The molecule has 1 aliphatic heterocycles. The lowest BCUT2D eigenvalue weighted by molar-refractivity contribution is -0.132. The van der Waals surface area contributed by atoms with Crippen LogP contribution in [0.25, 0.3) is 0 Å². The summed E-state index contributed by atoms with van der Waals surface area (Å²) in [4.78, 5) is 13.7. The zero-order chi connectivity index (χ0) is 8.39. The number of likely N-dealkylation sites (tertiary alicyclic amines) is 1. The van der Waals surface area contributed by atoms with Crippen LogP contribution >= 0.6 is 0 Å². The maximum absolute atomic E-state index is 11.6. The summed E-state index contributed by atoms with van der Waals surface area (Å²) in [6, 6.07) is 0. The minimum absolute atomic E-state index is 0.420. The predicted molar refractivity (Wildman–Crippen MR) is 47.8 cm³/mol. The largest absolute Gasteiger partial charge is 0.342 e. The second-order valence-electron chi connectivity index (χ2n) is 4.01. The fourth-order valence-corrected chi connectivity index (χ4v) is 1.88. The highest BCUT2D eigenvalue weighted by Crippen LogP contribution is 2.31. The summed E-state index contributed by atoms with van der Waals surface area (Å²) in [5, 5.41) is 0. The molecule has 2 rings (SSSR count). The van der Waals surface area contributed by atoms with Gasteiger partial charge in [0.2, 0.25) is 5.91 Å². The number of carbonyl (C=O) groups is 1. The van der Waals surface area contributed by atoms with E-state index in [-0.39, 0.29) is 0 Å². The molecule has 1 aliphatic carbocycles. The van der Waals surface area contributed by atoms with Crippen molar-refractivity contribution < 1.29 is 4.79 Å². The molecule has 2 aliphatic rings. The molecule has 0 N–H and O–H groups in total. The summed E-state index contributed by atoms with van der Waals surface area (Å²) in [6.07, 6.45) is 7.37. The van der Waals surface area contributed by atoms with Crippen molar-refractivity contribution >= 4 is 5.91 Å². The normalized spacial score (nSPS) is 25.2. The lowest BCUT2D eigenvalue weighted by atomic mass is 10.2. The molecule has 2 fully saturated rings. The smallest absolute Gasteiger partial charge is 0.225 e. The number of carbonyl (C=O) groups excluding carboxylic acids is 1. The zero-order valence-electron chi connectivity index (χ0n) is 7.59. The van der Waals surface area contributed by atoms with Crippen LogP contribution < -0.4 is 0 Å². The summed E-state index contributed by atoms with van der Waals surface area (Å²) >= 11 is 0. The first-order chi connectivity index (χ1) is 5.88. The second-order valence-corrected chi connectivity index (χ2v) is 4.01. The van der Waals surface area contributed by atoms with E-state index in [0.717, 1.165) is 25.9 Å². The topological polar surface area (TPSA) is 20.3 Å². The molecule has 0 aromatic rings. The Morgan fingerprint density at radius 3 is 2.08 bits per heavy atom. The minimum Gasteiger partial charge on any atom is -0.342 e. The Labute approximate surface area is 73.9 Å². The van der Waals surface area contributed by atoms with Crippen molar-refractivity contribution in [1.29, 1.82) is 0 Å². The van der Waals surface area contributed by atoms with Gasteiger partial charge in [-0.05, 0) is 25.7 Å². The fourth-order valence-electron chi connectivity index (χ4n) is 1.88. The van der Waals surface area contributed by atoms with Gasteiger partial charge in [0.15, 0.2) is 0 Å². The molecule has 12 heavy (non-hydrogen) atoms. The van der Waals surface area contributed by atoms with E-state index in [2.05, 4.69) is 4.90 Å². The van der Waals surface area contributed by atoms with Gasteiger partial charge in [0.25, 0.3) is 0 Å². The molecule has 0 spiro atoms. The molecule has 0 aromatic heterocycles. The van der Waals surface area contributed by atoms with Gasteiger partial charge in [0.05, 0.1) is 0 Å².